The van der Waals surface area contributed by atoms with Gasteiger partial charge < -0.3 is 14.7 Å². The van der Waals surface area contributed by atoms with Gasteiger partial charge in [-0.1, -0.05) is 209 Å². The van der Waals surface area contributed by atoms with E-state index in [1.54, 1.807) is 11.3 Å². The second-order valence-electron chi connectivity index (χ2n) is 24.1. The predicted molar refractivity (Wildman–Crippen MR) is 330 cm³/mol. The van der Waals surface area contributed by atoms with Crippen LogP contribution < -0.4 is 14.7 Å². The first-order chi connectivity index (χ1) is 36.3. The molecule has 5 heteroatoms. The first-order valence-electron chi connectivity index (χ1n) is 26.7. The minimum Gasteiger partial charge on any atom is -0.310 e. The number of hydrogen-bond acceptors (Lipinski definition) is 4. The van der Waals surface area contributed by atoms with E-state index in [-0.39, 0.29) is 21.7 Å². The summed E-state index contributed by atoms with van der Waals surface area (Å²) in [5.41, 5.74) is 20.4. The molecule has 1 aliphatic carbocycles. The second kappa shape index (κ2) is 19.3. The van der Waals surface area contributed by atoms with Crippen LogP contribution in [0.5, 0.6) is 0 Å². The van der Waals surface area contributed by atoms with Crippen molar-refractivity contribution in [2.24, 2.45) is 0 Å². The monoisotopic (exact) mass is 1030 g/mol. The molecule has 76 heavy (non-hydrogen) atoms. The van der Waals surface area contributed by atoms with Gasteiger partial charge in [0, 0.05) is 54.9 Å². The second-order valence-corrected chi connectivity index (χ2v) is 25.4. The summed E-state index contributed by atoms with van der Waals surface area (Å²) in [5, 5.41) is 4.15. The van der Waals surface area contributed by atoms with Crippen molar-refractivity contribution in [3.63, 3.8) is 0 Å². The molecular formula is C71H68ClN3S. The lowest BCUT2D eigenvalue weighted by Crippen LogP contribution is -2.17. The Hall–Kier alpha value is -7.37. The highest BCUT2D eigenvalue weighted by Gasteiger charge is 2.36. The van der Waals surface area contributed by atoms with Gasteiger partial charge in [0.2, 0.25) is 0 Å². The lowest BCUT2D eigenvalue weighted by Gasteiger charge is -2.33. The molecule has 0 saturated carbocycles. The average Bonchev–Trinajstić information content (AvgIpc) is 3.96. The van der Waals surface area contributed by atoms with Crippen LogP contribution in [0.15, 0.2) is 212 Å². The maximum atomic E-state index is 8.22. The van der Waals surface area contributed by atoms with Crippen LogP contribution >= 0.6 is 22.9 Å². The van der Waals surface area contributed by atoms with Crippen molar-refractivity contribution < 1.29 is 0 Å². The summed E-state index contributed by atoms with van der Waals surface area (Å²) >= 11 is 10.0. The van der Waals surface area contributed by atoms with E-state index in [2.05, 4.69) is 302 Å². The Bertz CT molecular complexity index is 3680. The Balaban J connectivity index is 1.13. The van der Waals surface area contributed by atoms with Gasteiger partial charge in [0.15, 0.2) is 0 Å². The third kappa shape index (κ3) is 9.30. The molecule has 0 saturated heterocycles. The van der Waals surface area contributed by atoms with E-state index in [1.165, 1.54) is 49.0 Å². The molecule has 11 rings (SSSR count). The van der Waals surface area contributed by atoms with Gasteiger partial charge in [-0.15, -0.1) is 11.3 Å². The summed E-state index contributed by atoms with van der Waals surface area (Å²) in [6.45, 7) is 25.1. The van der Waals surface area contributed by atoms with Crippen LogP contribution in [0.4, 0.5) is 51.2 Å². The zero-order valence-corrected chi connectivity index (χ0v) is 47.4. The summed E-state index contributed by atoms with van der Waals surface area (Å²) < 4.78 is 1.25. The largest absolute Gasteiger partial charge is 0.310 e. The van der Waals surface area contributed by atoms with E-state index < -0.39 is 0 Å². The van der Waals surface area contributed by atoms with E-state index in [0.29, 0.717) is 5.02 Å². The Morgan fingerprint density at radius 3 is 1.37 bits per heavy atom. The van der Waals surface area contributed by atoms with Crippen LogP contribution in [0.25, 0.3) is 32.3 Å². The highest BCUT2D eigenvalue weighted by atomic mass is 35.5. The van der Waals surface area contributed by atoms with Gasteiger partial charge in [0.05, 0.1) is 27.8 Å². The molecule has 1 aromatic heterocycles. The fourth-order valence-corrected chi connectivity index (χ4v) is 12.4. The molecule has 10 aromatic rings. The molecule has 1 heterocycles. The summed E-state index contributed by atoms with van der Waals surface area (Å²) in [5.74, 6) is 0. The predicted octanol–water partition coefficient (Wildman–Crippen LogP) is 21.8. The molecule has 0 unspecified atom stereocenters. The first-order valence-corrected chi connectivity index (χ1v) is 27.9. The third-order valence-electron chi connectivity index (χ3n) is 15.5. The zero-order valence-electron chi connectivity index (χ0n) is 45.8. The summed E-state index contributed by atoms with van der Waals surface area (Å²) in [6, 6.07) is 75.9. The topological polar surface area (TPSA) is 9.72 Å². The molecule has 0 radical (unpaired) electrons. The standard InChI is InChI=1S/C71H68ClN3S/c1-68(2,3)48-31-37-51(38-32-48)73(52-39-33-49(34-40-52)69(4,5)6)54-23-19-24-55(43-54)75(62-28-18-16-25-56(62)47-21-13-12-14-22-47)64-30-20-29-63(67(64)72)74(53-41-35-50(36-42-53)70(7,8)9)65-46-76-66-45-61-58(44-59(65)66)57-26-15-17-27-60(57)71(61,10)11/h12-46H,1-11H3. The van der Waals surface area contributed by atoms with Crippen LogP contribution in [0.3, 0.4) is 0 Å². The molecule has 0 N–H and O–H groups in total. The smallest absolute Gasteiger partial charge is 0.0887 e. The Morgan fingerprint density at radius 1 is 0.368 bits per heavy atom. The van der Waals surface area contributed by atoms with Crippen molar-refractivity contribution >= 4 is 84.2 Å². The van der Waals surface area contributed by atoms with E-state index >= 15 is 0 Å². The van der Waals surface area contributed by atoms with Gasteiger partial charge in [-0.3, -0.25) is 0 Å². The normalized spacial score (nSPS) is 13.1. The number of thiophene rings is 1. The van der Waals surface area contributed by atoms with E-state index in [0.717, 1.165) is 62.3 Å². The molecule has 3 nitrogen and oxygen atoms in total. The van der Waals surface area contributed by atoms with Gasteiger partial charge in [-0.05, 0) is 146 Å². The molecule has 380 valence electrons. The number of halogens is 1. The quantitative estimate of drug-likeness (QED) is 0.135. The van der Waals surface area contributed by atoms with Gasteiger partial charge in [-0.2, -0.15) is 0 Å². The molecule has 0 spiro atoms. The van der Waals surface area contributed by atoms with Crippen molar-refractivity contribution in [3.8, 4) is 22.3 Å². The van der Waals surface area contributed by atoms with Crippen LogP contribution in [0.1, 0.15) is 104 Å². The van der Waals surface area contributed by atoms with Crippen LogP contribution in [0, 0.1) is 0 Å². The number of benzene rings is 9. The third-order valence-corrected chi connectivity index (χ3v) is 16.8. The minimum absolute atomic E-state index is 0.0146. The van der Waals surface area contributed by atoms with Crippen molar-refractivity contribution in [1.82, 2.24) is 0 Å². The molecule has 0 bridgehead atoms. The summed E-state index contributed by atoms with van der Waals surface area (Å²) in [6.07, 6.45) is 0. The van der Waals surface area contributed by atoms with Gasteiger partial charge in [0.1, 0.15) is 0 Å². The number of rotatable bonds is 10. The molecule has 0 amide bonds. The average molecular weight is 1030 g/mol. The lowest BCUT2D eigenvalue weighted by molar-refractivity contribution is 0.590. The summed E-state index contributed by atoms with van der Waals surface area (Å²) in [4.78, 5) is 7.12. The van der Waals surface area contributed by atoms with Crippen LogP contribution in [-0.4, -0.2) is 0 Å². The zero-order chi connectivity index (χ0) is 53.3. The minimum atomic E-state index is -0.105. The molecule has 0 aliphatic heterocycles. The van der Waals surface area contributed by atoms with Crippen LogP contribution in [0.2, 0.25) is 5.02 Å². The van der Waals surface area contributed by atoms with Gasteiger partial charge in [0.25, 0.3) is 0 Å². The van der Waals surface area contributed by atoms with Gasteiger partial charge in [-0.25, -0.2) is 0 Å². The highest BCUT2D eigenvalue weighted by molar-refractivity contribution is 7.17. The molecular weight excluding hydrogens is 962 g/mol. The van der Waals surface area contributed by atoms with Crippen LogP contribution in [-0.2, 0) is 21.7 Å². The number of hydrogen-bond donors (Lipinski definition) is 0. The fraction of sp³-hybridized carbons (Fsp3) is 0.211. The highest BCUT2D eigenvalue weighted by Crippen LogP contribution is 2.55. The number of fused-ring (bicyclic) bond motifs is 4. The van der Waals surface area contributed by atoms with Crippen molar-refractivity contribution in [2.75, 3.05) is 14.7 Å². The molecule has 0 fully saturated rings. The lowest BCUT2D eigenvalue weighted by atomic mass is 9.82. The van der Waals surface area contributed by atoms with E-state index in [1.807, 2.05) is 0 Å². The molecule has 1 aliphatic rings. The Kier molecular flexibility index (Phi) is 12.9. The van der Waals surface area contributed by atoms with E-state index in [4.69, 9.17) is 11.6 Å². The maximum Gasteiger partial charge on any atom is 0.0887 e. The number of anilines is 9. The Labute approximate surface area is 460 Å². The number of nitrogens with zero attached hydrogens (tertiary/aromatic N) is 3. The Morgan fingerprint density at radius 2 is 0.816 bits per heavy atom. The van der Waals surface area contributed by atoms with Crippen molar-refractivity contribution in [3.05, 3.63) is 244 Å². The molecule has 9 aromatic carbocycles. The van der Waals surface area contributed by atoms with Crippen molar-refractivity contribution in [2.45, 2.75) is 97.8 Å². The maximum absolute atomic E-state index is 8.22. The number of para-hydroxylation sites is 1. The van der Waals surface area contributed by atoms with E-state index in [9.17, 15) is 0 Å². The first kappa shape index (κ1) is 50.8. The van der Waals surface area contributed by atoms with Crippen molar-refractivity contribution in [1.29, 1.82) is 0 Å². The molecule has 0 atom stereocenters. The fourth-order valence-electron chi connectivity index (χ4n) is 11.1. The summed E-state index contributed by atoms with van der Waals surface area (Å²) in [7, 11) is 0. The van der Waals surface area contributed by atoms with Gasteiger partial charge >= 0.3 is 0 Å². The SMILES string of the molecule is CC(C)(C)c1ccc(N(c2ccc(C(C)(C)C)cc2)c2cccc(N(c3ccccc3-c3ccccc3)c3cccc(N(c4ccc(C(C)(C)C)cc4)c4csc5cc6c(cc45)-c4ccccc4C6(C)C)c3Cl)c2)cc1.